The number of aliphatic hydroxyl groups is 1. The summed E-state index contributed by atoms with van der Waals surface area (Å²) in [6.45, 7) is 3.37. The number of rotatable bonds is 7. The van der Waals surface area contributed by atoms with E-state index in [1.165, 1.54) is 12.0 Å². The van der Waals surface area contributed by atoms with Gasteiger partial charge in [0.1, 0.15) is 5.70 Å². The number of esters is 1. The van der Waals surface area contributed by atoms with E-state index >= 15 is 0 Å². The number of nitrogens with one attached hydrogen (secondary N) is 2. The lowest BCUT2D eigenvalue weighted by atomic mass is 10.1. The van der Waals surface area contributed by atoms with Crippen LogP contribution in [0.4, 0.5) is 11.4 Å². The Balaban J connectivity index is 2.40. The number of halogens is 1. The molecule has 0 bridgehead atoms. The molecule has 0 spiro atoms. The highest BCUT2D eigenvalue weighted by molar-refractivity contribution is 6.31. The lowest BCUT2D eigenvalue weighted by Crippen LogP contribution is -2.31. The molecule has 2 amide bonds. The van der Waals surface area contributed by atoms with Crippen molar-refractivity contribution in [3.8, 4) is 0 Å². The molecule has 8 nitrogen and oxygen atoms in total. The van der Waals surface area contributed by atoms with Crippen LogP contribution in [0.3, 0.4) is 0 Å². The summed E-state index contributed by atoms with van der Waals surface area (Å²) in [5, 5.41) is 15.2. The minimum atomic E-state index is -0.652. The Morgan fingerprint density at radius 2 is 2.04 bits per heavy atom. The summed E-state index contributed by atoms with van der Waals surface area (Å²) in [5.74, 6) is -1.56. The third kappa shape index (κ3) is 4.78. The molecular weight excluding hydrogens is 374 g/mol. The van der Waals surface area contributed by atoms with Gasteiger partial charge in [-0.3, -0.25) is 9.59 Å². The fourth-order valence-electron chi connectivity index (χ4n) is 2.49. The van der Waals surface area contributed by atoms with E-state index in [4.69, 9.17) is 21.4 Å². The van der Waals surface area contributed by atoms with Crippen molar-refractivity contribution in [2.45, 2.75) is 13.8 Å². The molecule has 0 fully saturated rings. The molecule has 3 N–H and O–H groups in total. The predicted octanol–water partition coefficient (Wildman–Crippen LogP) is 1.61. The highest BCUT2D eigenvalue weighted by Gasteiger charge is 2.34. The van der Waals surface area contributed by atoms with Crippen molar-refractivity contribution in [3.63, 3.8) is 0 Å². The standard InChI is InChI=1S/C18H22ClN3O5/c1-10(2)16(24)21-13-5-4-11(19)8-14(13)20-15-12(18(26)27-3)9-22(6-7-23)17(15)25/h4-5,8,10,20,23H,6-7,9H2,1-3H3,(H,21,24). The molecule has 1 aromatic carbocycles. The first-order chi connectivity index (χ1) is 12.8. The number of methoxy groups -OCH3 is 1. The Morgan fingerprint density at radius 1 is 1.33 bits per heavy atom. The van der Waals surface area contributed by atoms with Gasteiger partial charge in [0, 0.05) is 17.5 Å². The summed E-state index contributed by atoms with van der Waals surface area (Å²) in [7, 11) is 1.22. The molecule has 0 saturated carbocycles. The van der Waals surface area contributed by atoms with Gasteiger partial charge in [0.05, 0.1) is 37.2 Å². The zero-order valence-electron chi connectivity index (χ0n) is 15.3. The number of nitrogens with zero attached hydrogens (tertiary/aromatic N) is 1. The average Bonchev–Trinajstić information content (AvgIpc) is 2.93. The number of amides is 2. The van der Waals surface area contributed by atoms with Crippen LogP contribution in [0.2, 0.25) is 5.02 Å². The Bertz CT molecular complexity index is 791. The average molecular weight is 396 g/mol. The summed E-state index contributed by atoms with van der Waals surface area (Å²) in [4.78, 5) is 38.1. The number of hydrogen-bond donors (Lipinski definition) is 3. The molecule has 1 aliphatic heterocycles. The van der Waals surface area contributed by atoms with E-state index in [1.54, 1.807) is 32.0 Å². The van der Waals surface area contributed by atoms with Gasteiger partial charge in [0.15, 0.2) is 0 Å². The number of β-amino-alcohol motifs (C(OH)–C–C–N with tert-alkyl or cyclic N) is 1. The lowest BCUT2D eigenvalue weighted by Gasteiger charge is -2.17. The smallest absolute Gasteiger partial charge is 0.337 e. The molecule has 9 heteroatoms. The van der Waals surface area contributed by atoms with Crippen molar-refractivity contribution < 1.29 is 24.2 Å². The highest BCUT2D eigenvalue weighted by atomic mass is 35.5. The molecule has 0 saturated heterocycles. The fourth-order valence-corrected chi connectivity index (χ4v) is 2.66. The molecule has 0 atom stereocenters. The molecule has 0 unspecified atom stereocenters. The molecule has 0 aromatic heterocycles. The second-order valence-corrected chi connectivity index (χ2v) is 6.69. The van der Waals surface area contributed by atoms with Crippen molar-refractivity contribution in [1.29, 1.82) is 0 Å². The zero-order chi connectivity index (χ0) is 20.1. The van der Waals surface area contributed by atoms with Gasteiger partial charge in [-0.05, 0) is 18.2 Å². The number of benzene rings is 1. The van der Waals surface area contributed by atoms with Gasteiger partial charge in [0.25, 0.3) is 5.91 Å². The molecule has 146 valence electrons. The summed E-state index contributed by atoms with van der Waals surface area (Å²) >= 11 is 6.05. The van der Waals surface area contributed by atoms with Crippen LogP contribution < -0.4 is 10.6 Å². The lowest BCUT2D eigenvalue weighted by molar-refractivity contribution is -0.136. The molecule has 0 aliphatic carbocycles. The van der Waals surface area contributed by atoms with Crippen LogP contribution in [0.15, 0.2) is 29.5 Å². The number of anilines is 2. The van der Waals surface area contributed by atoms with Crippen molar-refractivity contribution in [2.24, 2.45) is 5.92 Å². The molecule has 1 heterocycles. The van der Waals surface area contributed by atoms with Crippen molar-refractivity contribution in [1.82, 2.24) is 4.90 Å². The van der Waals surface area contributed by atoms with Crippen molar-refractivity contribution >= 4 is 40.8 Å². The molecule has 2 rings (SSSR count). The van der Waals surface area contributed by atoms with Crippen LogP contribution in [0.25, 0.3) is 0 Å². The van der Waals surface area contributed by atoms with Crippen LogP contribution in [0.5, 0.6) is 0 Å². The Hall–Kier alpha value is -2.58. The van der Waals surface area contributed by atoms with E-state index in [9.17, 15) is 14.4 Å². The largest absolute Gasteiger partial charge is 0.466 e. The summed E-state index contributed by atoms with van der Waals surface area (Å²) in [5.41, 5.74) is 0.949. The van der Waals surface area contributed by atoms with Gasteiger partial charge >= 0.3 is 5.97 Å². The van der Waals surface area contributed by atoms with Crippen molar-refractivity contribution in [2.75, 3.05) is 37.4 Å². The monoisotopic (exact) mass is 395 g/mol. The van der Waals surface area contributed by atoms with E-state index in [0.717, 1.165) is 0 Å². The van der Waals surface area contributed by atoms with E-state index < -0.39 is 11.9 Å². The van der Waals surface area contributed by atoms with Crippen LogP contribution >= 0.6 is 11.6 Å². The van der Waals surface area contributed by atoms with Crippen LogP contribution in [0.1, 0.15) is 13.8 Å². The number of carbonyl (C=O) groups is 3. The SMILES string of the molecule is COC(=O)C1=C(Nc2cc(Cl)ccc2NC(=O)C(C)C)C(=O)N(CCO)C1. The van der Waals surface area contributed by atoms with Crippen LogP contribution in [-0.2, 0) is 19.1 Å². The molecule has 27 heavy (non-hydrogen) atoms. The third-order valence-corrected chi connectivity index (χ3v) is 4.21. The maximum atomic E-state index is 12.6. The number of carbonyl (C=O) groups excluding carboxylic acids is 3. The van der Waals surface area contributed by atoms with Gasteiger partial charge in [0.2, 0.25) is 5.91 Å². The highest BCUT2D eigenvalue weighted by Crippen LogP contribution is 2.30. The molecule has 0 radical (unpaired) electrons. The van der Waals surface area contributed by atoms with E-state index in [0.29, 0.717) is 16.4 Å². The second-order valence-electron chi connectivity index (χ2n) is 6.25. The maximum absolute atomic E-state index is 12.6. The van der Waals surface area contributed by atoms with Gasteiger partial charge in [-0.2, -0.15) is 0 Å². The summed E-state index contributed by atoms with van der Waals surface area (Å²) in [6.07, 6.45) is 0. The van der Waals surface area contributed by atoms with Crippen LogP contribution in [-0.4, -0.2) is 54.6 Å². The Kier molecular flexibility index (Phi) is 6.81. The van der Waals surface area contributed by atoms with Crippen molar-refractivity contribution in [3.05, 3.63) is 34.5 Å². The second kappa shape index (κ2) is 8.88. The molecule has 1 aliphatic rings. The Labute approximate surface area is 162 Å². The number of hydrogen-bond acceptors (Lipinski definition) is 6. The first-order valence-electron chi connectivity index (χ1n) is 8.37. The maximum Gasteiger partial charge on any atom is 0.337 e. The van der Waals surface area contributed by atoms with E-state index in [-0.39, 0.29) is 42.8 Å². The first-order valence-corrected chi connectivity index (χ1v) is 8.75. The van der Waals surface area contributed by atoms with E-state index in [2.05, 4.69) is 10.6 Å². The first kappa shape index (κ1) is 20.7. The van der Waals surface area contributed by atoms with Gasteiger partial charge in [-0.15, -0.1) is 0 Å². The molecule has 1 aromatic rings. The number of aliphatic hydroxyl groups excluding tert-OH is 1. The third-order valence-electron chi connectivity index (χ3n) is 3.98. The Morgan fingerprint density at radius 3 is 2.63 bits per heavy atom. The predicted molar refractivity (Wildman–Crippen MR) is 101 cm³/mol. The van der Waals surface area contributed by atoms with Gasteiger partial charge < -0.3 is 25.4 Å². The molecular formula is C18H22ClN3O5. The fraction of sp³-hybridized carbons (Fsp3) is 0.389. The van der Waals surface area contributed by atoms with Gasteiger partial charge in [-0.25, -0.2) is 4.79 Å². The normalized spacial score (nSPS) is 14.0. The zero-order valence-corrected chi connectivity index (χ0v) is 16.1. The minimum Gasteiger partial charge on any atom is -0.466 e. The van der Waals surface area contributed by atoms with Gasteiger partial charge in [-0.1, -0.05) is 25.4 Å². The summed E-state index contributed by atoms with van der Waals surface area (Å²) < 4.78 is 4.75. The number of ether oxygens (including phenoxy) is 1. The van der Waals surface area contributed by atoms with Crippen LogP contribution in [0, 0.1) is 5.92 Å². The topological polar surface area (TPSA) is 108 Å². The summed E-state index contributed by atoms with van der Waals surface area (Å²) in [6, 6.07) is 4.75. The van der Waals surface area contributed by atoms with E-state index in [1.807, 2.05) is 0 Å². The quantitative estimate of drug-likeness (QED) is 0.605. The minimum absolute atomic E-state index is 0.0165.